The number of thiazole rings is 1. The zero-order valence-electron chi connectivity index (χ0n) is 17.8. The average Bonchev–Trinajstić information content (AvgIpc) is 3.35. The standard InChI is InChI=1S/C23H24N6OS/c1-27(2)20-13-29(14-20)23-25-11-22(31-23)21(30)8-19-7-17-6-15(4-5-16(17)9-24-19)18-10-26-28(3)12-18/h4-7,9-12,20H,8,13-14H2,1-3H3. The fourth-order valence-corrected chi connectivity index (χ4v) is 4.63. The molecule has 1 saturated heterocycles. The minimum absolute atomic E-state index is 0.0590. The molecule has 0 atom stereocenters. The van der Waals surface area contributed by atoms with Gasteiger partial charge in [0, 0.05) is 55.2 Å². The molecule has 0 N–H and O–H groups in total. The molecule has 5 rings (SSSR count). The van der Waals surface area contributed by atoms with Gasteiger partial charge in [-0.2, -0.15) is 5.10 Å². The second-order valence-corrected chi connectivity index (χ2v) is 9.28. The maximum absolute atomic E-state index is 12.8. The lowest BCUT2D eigenvalue weighted by atomic mass is 10.0. The first-order valence-electron chi connectivity index (χ1n) is 10.2. The Morgan fingerprint density at radius 2 is 1.94 bits per heavy atom. The van der Waals surface area contributed by atoms with Gasteiger partial charge in [-0.3, -0.25) is 14.5 Å². The van der Waals surface area contributed by atoms with E-state index < -0.39 is 0 Å². The largest absolute Gasteiger partial charge is 0.345 e. The van der Waals surface area contributed by atoms with Crippen LogP contribution >= 0.6 is 11.3 Å². The summed E-state index contributed by atoms with van der Waals surface area (Å²) in [6, 6.07) is 8.81. The number of aryl methyl sites for hydroxylation is 1. The fourth-order valence-electron chi connectivity index (χ4n) is 3.76. The second kappa shape index (κ2) is 7.86. The number of hydrogen-bond donors (Lipinski definition) is 0. The van der Waals surface area contributed by atoms with Crippen molar-refractivity contribution in [2.75, 3.05) is 32.1 Å². The van der Waals surface area contributed by atoms with Crippen molar-refractivity contribution in [3.8, 4) is 11.1 Å². The van der Waals surface area contributed by atoms with Gasteiger partial charge in [-0.1, -0.05) is 23.5 Å². The van der Waals surface area contributed by atoms with E-state index in [4.69, 9.17) is 0 Å². The van der Waals surface area contributed by atoms with Crippen LogP contribution in [0.3, 0.4) is 0 Å². The SMILES string of the molecule is CN(C)C1CN(c2ncc(C(=O)Cc3cc4cc(-c5cnn(C)c5)ccc4cn3)s2)C1. The topological polar surface area (TPSA) is 67.2 Å². The van der Waals surface area contributed by atoms with E-state index in [9.17, 15) is 4.79 Å². The van der Waals surface area contributed by atoms with Crippen molar-refractivity contribution in [3.63, 3.8) is 0 Å². The van der Waals surface area contributed by atoms with Crippen LogP contribution < -0.4 is 4.90 Å². The molecule has 1 aliphatic rings. The van der Waals surface area contributed by atoms with Crippen molar-refractivity contribution >= 4 is 33.0 Å². The molecule has 158 valence electrons. The molecule has 8 heteroatoms. The van der Waals surface area contributed by atoms with Crippen LogP contribution in [0.1, 0.15) is 15.4 Å². The van der Waals surface area contributed by atoms with Crippen molar-refractivity contribution in [1.29, 1.82) is 0 Å². The zero-order valence-corrected chi connectivity index (χ0v) is 18.6. The first kappa shape index (κ1) is 19.8. The number of likely N-dealkylation sites (N-methyl/N-ethyl adjacent to an activating group) is 1. The third-order valence-corrected chi connectivity index (χ3v) is 6.89. The molecule has 0 aliphatic carbocycles. The molecule has 31 heavy (non-hydrogen) atoms. The Morgan fingerprint density at radius 1 is 1.10 bits per heavy atom. The number of Topliss-reactive ketones (excluding diaryl/α,β-unsaturated/α-hetero) is 1. The maximum atomic E-state index is 12.8. The summed E-state index contributed by atoms with van der Waals surface area (Å²) >= 11 is 1.47. The highest BCUT2D eigenvalue weighted by Gasteiger charge is 2.30. The van der Waals surface area contributed by atoms with Crippen LogP contribution in [0.5, 0.6) is 0 Å². The van der Waals surface area contributed by atoms with Gasteiger partial charge in [-0.05, 0) is 37.2 Å². The third-order valence-electron chi connectivity index (χ3n) is 5.79. The zero-order chi connectivity index (χ0) is 21.5. The highest BCUT2D eigenvalue weighted by atomic mass is 32.1. The van der Waals surface area contributed by atoms with Crippen LogP contribution in [0, 0.1) is 0 Å². The number of pyridine rings is 1. The predicted octanol–water partition coefficient (Wildman–Crippen LogP) is 3.27. The van der Waals surface area contributed by atoms with Crippen molar-refractivity contribution in [2.24, 2.45) is 7.05 Å². The molecule has 4 aromatic rings. The number of ketones is 1. The number of benzene rings is 1. The number of anilines is 1. The second-order valence-electron chi connectivity index (χ2n) is 8.27. The molecule has 0 bridgehead atoms. The third kappa shape index (κ3) is 3.96. The lowest BCUT2D eigenvalue weighted by molar-refractivity contribution is 0.0995. The van der Waals surface area contributed by atoms with Crippen molar-refractivity contribution in [3.05, 3.63) is 59.6 Å². The molecule has 1 aromatic carbocycles. The Kier molecular flexibility index (Phi) is 5.03. The molecule has 1 aliphatic heterocycles. The number of nitrogens with zero attached hydrogens (tertiary/aromatic N) is 6. The monoisotopic (exact) mass is 432 g/mol. The number of carbonyl (C=O) groups excluding carboxylic acids is 1. The summed E-state index contributed by atoms with van der Waals surface area (Å²) in [6.45, 7) is 1.92. The Morgan fingerprint density at radius 3 is 2.68 bits per heavy atom. The predicted molar refractivity (Wildman–Crippen MR) is 124 cm³/mol. The van der Waals surface area contributed by atoms with Gasteiger partial charge in [0.2, 0.25) is 0 Å². The van der Waals surface area contributed by atoms with Crippen molar-refractivity contribution < 1.29 is 4.79 Å². The van der Waals surface area contributed by atoms with E-state index in [1.54, 1.807) is 10.9 Å². The molecule has 0 saturated carbocycles. The summed E-state index contributed by atoms with van der Waals surface area (Å²) in [5, 5.41) is 7.30. The summed E-state index contributed by atoms with van der Waals surface area (Å²) in [5.41, 5.74) is 2.94. The highest BCUT2D eigenvalue weighted by molar-refractivity contribution is 7.17. The highest BCUT2D eigenvalue weighted by Crippen LogP contribution is 2.29. The van der Waals surface area contributed by atoms with Gasteiger partial charge in [-0.25, -0.2) is 4.98 Å². The maximum Gasteiger partial charge on any atom is 0.186 e. The Hall–Kier alpha value is -3.10. The number of rotatable bonds is 6. The van der Waals surface area contributed by atoms with Gasteiger partial charge in [0.15, 0.2) is 10.9 Å². The summed E-state index contributed by atoms with van der Waals surface area (Å²) in [6.07, 6.45) is 7.66. The first-order chi connectivity index (χ1) is 15.0. The minimum Gasteiger partial charge on any atom is -0.345 e. The van der Waals surface area contributed by atoms with Crippen LogP contribution in [-0.2, 0) is 13.5 Å². The van der Waals surface area contributed by atoms with Crippen LogP contribution in [0.15, 0.2) is 49.1 Å². The Balaban J connectivity index is 1.31. The molecule has 0 radical (unpaired) electrons. The Labute approximate surface area is 185 Å². The smallest absolute Gasteiger partial charge is 0.186 e. The molecular formula is C23H24N6OS. The molecule has 4 heterocycles. The van der Waals surface area contributed by atoms with Crippen LogP contribution in [0.4, 0.5) is 5.13 Å². The van der Waals surface area contributed by atoms with E-state index in [1.165, 1.54) is 11.3 Å². The quantitative estimate of drug-likeness (QED) is 0.436. The van der Waals surface area contributed by atoms with Crippen LogP contribution in [-0.4, -0.2) is 63.7 Å². The summed E-state index contributed by atoms with van der Waals surface area (Å²) in [7, 11) is 6.09. The lowest BCUT2D eigenvalue weighted by Gasteiger charge is -2.42. The molecule has 3 aromatic heterocycles. The van der Waals surface area contributed by atoms with Gasteiger partial charge in [0.1, 0.15) is 0 Å². The molecule has 0 amide bonds. The summed E-state index contributed by atoms with van der Waals surface area (Å²) in [5.74, 6) is 0.0590. The number of fused-ring (bicyclic) bond motifs is 1. The number of hydrogen-bond acceptors (Lipinski definition) is 7. The number of carbonyl (C=O) groups is 1. The van der Waals surface area contributed by atoms with Crippen molar-refractivity contribution in [2.45, 2.75) is 12.5 Å². The normalized spacial score (nSPS) is 14.4. The van der Waals surface area contributed by atoms with Gasteiger partial charge in [0.25, 0.3) is 0 Å². The van der Waals surface area contributed by atoms with E-state index >= 15 is 0 Å². The minimum atomic E-state index is 0.0590. The molecule has 0 unspecified atom stereocenters. The molecule has 7 nitrogen and oxygen atoms in total. The molecule has 0 spiro atoms. The van der Waals surface area contributed by atoms with Gasteiger partial charge >= 0.3 is 0 Å². The fraction of sp³-hybridized carbons (Fsp3) is 0.304. The van der Waals surface area contributed by atoms with Gasteiger partial charge < -0.3 is 9.80 Å². The van der Waals surface area contributed by atoms with E-state index in [1.807, 2.05) is 31.7 Å². The van der Waals surface area contributed by atoms with Crippen LogP contribution in [0.2, 0.25) is 0 Å². The van der Waals surface area contributed by atoms with E-state index in [0.717, 1.165) is 45.8 Å². The van der Waals surface area contributed by atoms with E-state index in [2.05, 4.69) is 57.2 Å². The number of aromatic nitrogens is 4. The first-order valence-corrected chi connectivity index (χ1v) is 11.1. The molecule has 1 fully saturated rings. The average molecular weight is 433 g/mol. The van der Waals surface area contributed by atoms with E-state index in [0.29, 0.717) is 10.9 Å². The Bertz CT molecular complexity index is 1250. The molecular weight excluding hydrogens is 408 g/mol. The lowest BCUT2D eigenvalue weighted by Crippen LogP contribution is -2.57. The van der Waals surface area contributed by atoms with Crippen LogP contribution in [0.25, 0.3) is 21.9 Å². The summed E-state index contributed by atoms with van der Waals surface area (Å²) in [4.78, 5) is 27.0. The van der Waals surface area contributed by atoms with Gasteiger partial charge in [0.05, 0.1) is 23.7 Å². The van der Waals surface area contributed by atoms with Gasteiger partial charge in [-0.15, -0.1) is 0 Å². The summed E-state index contributed by atoms with van der Waals surface area (Å²) < 4.78 is 1.79. The van der Waals surface area contributed by atoms with E-state index in [-0.39, 0.29) is 12.2 Å². The van der Waals surface area contributed by atoms with Crippen molar-refractivity contribution in [1.82, 2.24) is 24.6 Å².